The van der Waals surface area contributed by atoms with Crippen LogP contribution in [-0.4, -0.2) is 60.6 Å². The molecule has 2 aromatic carbocycles. The molecule has 0 radical (unpaired) electrons. The number of rotatable bonds is 18. The maximum absolute atomic E-state index is 14.9. The van der Waals surface area contributed by atoms with Crippen molar-refractivity contribution in [2.24, 2.45) is 34.0 Å². The summed E-state index contributed by atoms with van der Waals surface area (Å²) in [6, 6.07) is 12.2. The molecule has 1 saturated carbocycles. The second-order valence-electron chi connectivity index (χ2n) is 24.8. The minimum Gasteiger partial charge on any atom is -0.496 e. The predicted octanol–water partition coefficient (Wildman–Crippen LogP) is 14.1. The van der Waals surface area contributed by atoms with E-state index in [0.29, 0.717) is 23.8 Å². The van der Waals surface area contributed by atoms with Crippen molar-refractivity contribution in [3.05, 3.63) is 53.1 Å². The summed E-state index contributed by atoms with van der Waals surface area (Å²) >= 11 is 0. The van der Waals surface area contributed by atoms with Gasteiger partial charge in [0.2, 0.25) is 5.88 Å². The van der Waals surface area contributed by atoms with Gasteiger partial charge in [0.25, 0.3) is 10.0 Å². The molecule has 15 heteroatoms. The van der Waals surface area contributed by atoms with Gasteiger partial charge in [0, 0.05) is 17.5 Å². The summed E-state index contributed by atoms with van der Waals surface area (Å²) in [7, 11) is -2.82. The van der Waals surface area contributed by atoms with E-state index in [1.165, 1.54) is 18.0 Å². The van der Waals surface area contributed by atoms with E-state index in [0.717, 1.165) is 56.9 Å². The molecule has 0 amide bonds. The van der Waals surface area contributed by atoms with Crippen LogP contribution in [0.3, 0.4) is 0 Å². The number of aromatic nitrogens is 3. The molecule has 2 atom stereocenters. The zero-order chi connectivity index (χ0) is 53.1. The Bertz CT molecular complexity index is 2640. The molecular formula is C56H83N5O9S. The number of ether oxygens (including phenoxy) is 5. The predicted molar refractivity (Wildman–Crippen MR) is 280 cm³/mol. The van der Waals surface area contributed by atoms with Crippen molar-refractivity contribution in [3.8, 4) is 34.8 Å². The van der Waals surface area contributed by atoms with Gasteiger partial charge in [-0.25, -0.2) is 27.5 Å². The van der Waals surface area contributed by atoms with Gasteiger partial charge in [0.1, 0.15) is 45.3 Å². The van der Waals surface area contributed by atoms with Crippen LogP contribution in [0, 0.1) is 45.3 Å². The number of nitriles is 1. The summed E-state index contributed by atoms with van der Waals surface area (Å²) in [6.07, 6.45) is 7.23. The lowest BCUT2D eigenvalue weighted by Gasteiger charge is -2.50. The molecule has 392 valence electrons. The second-order valence-corrected chi connectivity index (χ2v) is 26.4. The molecule has 71 heavy (non-hydrogen) atoms. The first-order valence-electron chi connectivity index (χ1n) is 25.4. The topological polar surface area (TPSA) is 183 Å². The number of esters is 1. The van der Waals surface area contributed by atoms with Gasteiger partial charge in [0.05, 0.1) is 19.3 Å². The van der Waals surface area contributed by atoms with Crippen LogP contribution in [0.1, 0.15) is 190 Å². The van der Waals surface area contributed by atoms with Gasteiger partial charge in [-0.05, 0) is 110 Å². The van der Waals surface area contributed by atoms with E-state index in [-0.39, 0.29) is 78.3 Å². The molecule has 0 saturated heterocycles. The summed E-state index contributed by atoms with van der Waals surface area (Å²) in [6.45, 7) is 33.4. The lowest BCUT2D eigenvalue weighted by atomic mass is 9.59. The summed E-state index contributed by atoms with van der Waals surface area (Å²) in [5, 5.41) is 13.8. The number of hydrogen-bond donors (Lipinski definition) is 2. The standard InChI is InChI=1S/C56H83N5O9S/c1-18-19-20-21-22-23-28-67-43-26-24-36(56(15,16)34-52(3,4)5)31-44(43)71(64,65)60-37-25-27-42(66-17)38(32-37)47-58-48-45(39(33-57)49(61(48)59-47)69-51(63)70-55(12,13)14)50(62)68-46-40(53(6,7)8)29-35(2)30-41(46)54(9,10)11/h24-27,31-32,35,40-41,46,60H,18-23,28-30,34H2,1-17H3,(H,58,59). The monoisotopic (exact) mass is 1000 g/mol. The molecule has 0 aliphatic heterocycles. The molecule has 2 N–H and O–H groups in total. The van der Waals surface area contributed by atoms with E-state index in [1.807, 2.05) is 6.07 Å². The van der Waals surface area contributed by atoms with E-state index in [1.54, 1.807) is 51.1 Å². The fourth-order valence-corrected chi connectivity index (χ4v) is 11.5. The third kappa shape index (κ3) is 14.3. The minimum absolute atomic E-state index is 0.00788. The smallest absolute Gasteiger partial charge is 0.496 e. The van der Waals surface area contributed by atoms with Gasteiger partial charge < -0.3 is 23.7 Å². The van der Waals surface area contributed by atoms with E-state index < -0.39 is 33.9 Å². The molecular weight excluding hydrogens is 919 g/mol. The molecule has 2 aromatic heterocycles. The van der Waals surface area contributed by atoms with Gasteiger partial charge in [-0.15, -0.1) is 0 Å². The molecule has 1 fully saturated rings. The minimum atomic E-state index is -4.29. The van der Waals surface area contributed by atoms with Crippen LogP contribution in [-0.2, 0) is 24.9 Å². The molecule has 1 aliphatic carbocycles. The highest BCUT2D eigenvalue weighted by Crippen LogP contribution is 2.50. The number of unbranched alkanes of at least 4 members (excludes halogenated alkanes) is 5. The molecule has 5 rings (SSSR count). The molecule has 0 spiro atoms. The Kier molecular flexibility index (Phi) is 17.5. The van der Waals surface area contributed by atoms with Gasteiger partial charge in [0.15, 0.2) is 11.5 Å². The lowest BCUT2D eigenvalue weighted by Crippen LogP contribution is -2.49. The average Bonchev–Trinajstić information content (AvgIpc) is 3.78. The van der Waals surface area contributed by atoms with E-state index in [9.17, 15) is 23.3 Å². The van der Waals surface area contributed by atoms with Crippen molar-refractivity contribution in [1.29, 1.82) is 5.26 Å². The first-order chi connectivity index (χ1) is 32.8. The second kappa shape index (κ2) is 21.9. The summed E-state index contributed by atoms with van der Waals surface area (Å²) in [5.41, 5.74) is -0.987. The van der Waals surface area contributed by atoms with Crippen molar-refractivity contribution < 1.29 is 41.7 Å². The summed E-state index contributed by atoms with van der Waals surface area (Å²) in [5.74, 6) is -0.0901. The number of benzene rings is 2. The van der Waals surface area contributed by atoms with Gasteiger partial charge in [-0.3, -0.25) is 9.82 Å². The Morgan fingerprint density at radius 3 is 2.03 bits per heavy atom. The van der Waals surface area contributed by atoms with E-state index in [2.05, 4.69) is 106 Å². The van der Waals surface area contributed by atoms with E-state index in [4.69, 9.17) is 28.7 Å². The number of H-pyrrole nitrogens is 1. The number of carbonyl (C=O) groups is 2. The van der Waals surface area contributed by atoms with Crippen molar-refractivity contribution >= 4 is 33.5 Å². The lowest BCUT2D eigenvalue weighted by molar-refractivity contribution is -0.0923. The number of aromatic amines is 1. The van der Waals surface area contributed by atoms with Crippen LogP contribution in [0.15, 0.2) is 41.3 Å². The fourth-order valence-electron chi connectivity index (χ4n) is 10.3. The van der Waals surface area contributed by atoms with Crippen LogP contribution in [0.25, 0.3) is 17.0 Å². The van der Waals surface area contributed by atoms with E-state index >= 15 is 0 Å². The van der Waals surface area contributed by atoms with Crippen molar-refractivity contribution in [3.63, 3.8) is 0 Å². The Hall–Kier alpha value is -5.23. The van der Waals surface area contributed by atoms with Gasteiger partial charge in [-0.2, -0.15) is 5.26 Å². The summed E-state index contributed by atoms with van der Waals surface area (Å²) < 4.78 is 63.3. The van der Waals surface area contributed by atoms with Crippen LogP contribution in [0.5, 0.6) is 17.4 Å². The van der Waals surface area contributed by atoms with Crippen LogP contribution >= 0.6 is 0 Å². The molecule has 14 nitrogen and oxygen atoms in total. The number of methoxy groups -OCH3 is 1. The quantitative estimate of drug-likeness (QED) is 0.0714. The largest absolute Gasteiger partial charge is 0.515 e. The Morgan fingerprint density at radius 1 is 0.859 bits per heavy atom. The number of fused-ring (bicyclic) bond motifs is 1. The number of sulfonamides is 1. The van der Waals surface area contributed by atoms with Crippen molar-refractivity contribution in [1.82, 2.24) is 14.6 Å². The molecule has 2 heterocycles. The molecule has 2 unspecified atom stereocenters. The number of anilines is 1. The third-order valence-electron chi connectivity index (χ3n) is 13.4. The Labute approximate surface area is 424 Å². The first-order valence-corrected chi connectivity index (χ1v) is 26.9. The number of carbonyl (C=O) groups excluding carboxylic acids is 2. The molecule has 4 aromatic rings. The number of hydrogen-bond acceptors (Lipinski definition) is 11. The maximum atomic E-state index is 14.9. The Balaban J connectivity index is 1.62. The highest BCUT2D eigenvalue weighted by Gasteiger charge is 2.49. The average molecular weight is 1000 g/mol. The first kappa shape index (κ1) is 56.7. The zero-order valence-corrected chi connectivity index (χ0v) is 46.6. The highest BCUT2D eigenvalue weighted by molar-refractivity contribution is 7.92. The zero-order valence-electron chi connectivity index (χ0n) is 45.8. The third-order valence-corrected chi connectivity index (χ3v) is 14.8. The number of nitrogens with zero attached hydrogens (tertiary/aromatic N) is 3. The van der Waals surface area contributed by atoms with Crippen LogP contribution in [0.4, 0.5) is 10.5 Å². The van der Waals surface area contributed by atoms with Crippen LogP contribution < -0.4 is 18.9 Å². The maximum Gasteiger partial charge on any atom is 0.515 e. The number of nitrogens with one attached hydrogen (secondary N) is 2. The van der Waals surface area contributed by atoms with Crippen molar-refractivity contribution in [2.45, 2.75) is 191 Å². The van der Waals surface area contributed by atoms with Gasteiger partial charge >= 0.3 is 12.1 Å². The van der Waals surface area contributed by atoms with Crippen LogP contribution in [0.2, 0.25) is 0 Å². The normalized spacial score (nSPS) is 18.2. The fraction of sp³-hybridized carbons (Fsp3) is 0.643. The molecule has 0 bridgehead atoms. The van der Waals surface area contributed by atoms with Gasteiger partial charge in [-0.1, -0.05) is 128 Å². The SMILES string of the molecule is CCCCCCCCOc1ccc(C(C)(C)CC(C)(C)C)cc1S(=O)(=O)Nc1ccc(OC)c(-c2nc3c(C(=O)OC4C(C(C)(C)C)CC(C)CC4C(C)(C)C)c(C#N)c(OC(=O)OC(C)(C)C)n3[nH]2)c1. The summed E-state index contributed by atoms with van der Waals surface area (Å²) in [4.78, 5) is 33.1. The van der Waals surface area contributed by atoms with Crippen molar-refractivity contribution in [2.75, 3.05) is 18.4 Å². The highest BCUT2D eigenvalue weighted by atomic mass is 32.2. The Morgan fingerprint density at radius 2 is 1.46 bits per heavy atom. The molecule has 1 aliphatic rings.